The van der Waals surface area contributed by atoms with Gasteiger partial charge in [-0.1, -0.05) is 55.7 Å². The van der Waals surface area contributed by atoms with Gasteiger partial charge in [-0.05, 0) is 60.7 Å². The molecule has 1 aromatic carbocycles. The van der Waals surface area contributed by atoms with E-state index in [0.29, 0.717) is 51.5 Å². The Morgan fingerprint density at radius 3 is 1.38 bits per heavy atom. The Morgan fingerprint density at radius 1 is 0.619 bits per heavy atom. The summed E-state index contributed by atoms with van der Waals surface area (Å²) in [6.45, 7) is 0. The Labute approximate surface area is 528 Å². The molecule has 0 radical (unpaired) electrons. The summed E-state index contributed by atoms with van der Waals surface area (Å²) in [7, 11) is -1.33. The van der Waals surface area contributed by atoms with Crippen LogP contribution in [0.2, 0.25) is 0 Å². The topological polar surface area (TPSA) is 541 Å². The number of H-pyrrole nitrogens is 1. The van der Waals surface area contributed by atoms with E-state index in [4.69, 9.17) is 73.0 Å². The summed E-state index contributed by atoms with van der Waals surface area (Å²) in [5.74, 6) is 13.8. The first-order valence-electron chi connectivity index (χ1n) is 20.8. The summed E-state index contributed by atoms with van der Waals surface area (Å²) >= 11 is 14.9. The fraction of sp³-hybridized carbons (Fsp3) is 0.256. The highest BCUT2D eigenvalue weighted by Crippen LogP contribution is 2.31. The highest BCUT2D eigenvalue weighted by Gasteiger charge is 2.30. The quantitative estimate of drug-likeness (QED) is 0.0118. The SMILES string of the molecule is C.C.CI.CSc1nc(N)[nH]c(=S)c1C#N.CSc1nc(N)nc(NN)c1C#N.CSc1nc(N)nc(NNC(=O)Nc2cccc(C(F)(F)F)c2)c1C#N.CSc1nc(N)nc(S(C)=O)c1C#N.CSc1nc(N)nc(SC)c1C#N.NN. The van der Waals surface area contributed by atoms with Gasteiger partial charge in [0.25, 0.3) is 0 Å². The highest BCUT2D eigenvalue weighted by molar-refractivity contribution is 14.1. The van der Waals surface area contributed by atoms with Gasteiger partial charge in [0.2, 0.25) is 23.8 Å². The predicted molar refractivity (Wildman–Crippen MR) is 343 cm³/mol. The molecular formula is C43H57F3IN27O2S8. The van der Waals surface area contributed by atoms with E-state index in [1.807, 2.05) is 48.0 Å². The summed E-state index contributed by atoms with van der Waals surface area (Å²) in [5.41, 5.74) is 34.6. The Kier molecular flexibility index (Phi) is 41.1. The lowest BCUT2D eigenvalue weighted by Gasteiger charge is -2.13. The summed E-state index contributed by atoms with van der Waals surface area (Å²) < 4.78 is 49.6. The minimum Gasteiger partial charge on any atom is -0.369 e. The molecule has 5 heterocycles. The highest BCUT2D eigenvalue weighted by atomic mass is 127. The lowest BCUT2D eigenvalue weighted by Crippen LogP contribution is -2.34. The Hall–Kier alpha value is -7.19. The van der Waals surface area contributed by atoms with E-state index in [1.54, 1.807) is 18.8 Å². The molecule has 84 heavy (non-hydrogen) atoms. The maximum absolute atomic E-state index is 12.7. The van der Waals surface area contributed by atoms with Crippen molar-refractivity contribution in [1.82, 2.24) is 55.3 Å². The molecular weight excluding hydrogens is 1370 g/mol. The molecule has 0 bridgehead atoms. The van der Waals surface area contributed by atoms with E-state index in [1.165, 1.54) is 71.1 Å². The second kappa shape index (κ2) is 42.6. The number of amides is 2. The van der Waals surface area contributed by atoms with Crippen LogP contribution < -0.4 is 67.8 Å². The Bertz CT molecular complexity index is 3310. The van der Waals surface area contributed by atoms with Crippen LogP contribution in [0.15, 0.2) is 59.4 Å². The van der Waals surface area contributed by atoms with Crippen molar-refractivity contribution in [2.24, 2.45) is 17.5 Å². The van der Waals surface area contributed by atoms with E-state index in [9.17, 15) is 22.2 Å². The Balaban J connectivity index is -0.000000990. The number of carbonyl (C=O) groups is 1. The Morgan fingerprint density at radius 2 is 0.988 bits per heavy atom. The number of benzene rings is 1. The molecule has 2 amide bonds. The molecule has 6 aromatic rings. The molecule has 0 aliphatic heterocycles. The van der Waals surface area contributed by atoms with Crippen LogP contribution in [-0.2, 0) is 17.0 Å². The van der Waals surface area contributed by atoms with E-state index in [0.717, 1.165) is 30.0 Å². The third kappa shape index (κ3) is 25.7. The number of thioether (sulfide) groups is 6. The number of nitrogens with zero attached hydrogens (tertiary/aromatic N) is 14. The van der Waals surface area contributed by atoms with E-state index < -0.39 is 28.6 Å². The number of nitrogen functional groups attached to an aromatic ring is 6. The minimum absolute atomic E-state index is 0. The normalized spacial score (nSPS) is 9.74. The van der Waals surface area contributed by atoms with Crippen LogP contribution in [0.4, 0.5) is 65.0 Å². The number of hydrogen-bond donors (Lipinski definition) is 13. The number of anilines is 8. The maximum atomic E-state index is 12.7. The fourth-order valence-electron chi connectivity index (χ4n) is 5.09. The van der Waals surface area contributed by atoms with Gasteiger partial charge in [0, 0.05) is 11.9 Å². The average Bonchev–Trinajstić information content (AvgIpc) is 3.58. The third-order valence-corrected chi connectivity index (χ3v) is 13.5. The summed E-state index contributed by atoms with van der Waals surface area (Å²) in [6.07, 6.45) is 7.69. The molecule has 41 heteroatoms. The lowest BCUT2D eigenvalue weighted by atomic mass is 10.2. The second-order valence-corrected chi connectivity index (χ2v) is 19.6. The molecule has 0 saturated carbocycles. The molecule has 1 atom stereocenters. The fourth-order valence-corrected chi connectivity index (χ4v) is 9.38. The molecule has 5 aromatic heterocycles. The number of aromatic nitrogens is 10. The summed E-state index contributed by atoms with van der Waals surface area (Å²) in [5, 5.41) is 49.9. The van der Waals surface area contributed by atoms with Crippen molar-refractivity contribution in [2.75, 3.05) is 93.6 Å². The van der Waals surface area contributed by atoms with E-state index in [2.05, 4.69) is 112 Å². The number of nitrogens with one attached hydrogen (secondary N) is 5. The van der Waals surface area contributed by atoms with Gasteiger partial charge in [0.05, 0.1) is 16.4 Å². The molecule has 452 valence electrons. The number of urea groups is 1. The first-order chi connectivity index (χ1) is 39.0. The molecule has 0 aliphatic carbocycles. The van der Waals surface area contributed by atoms with Crippen molar-refractivity contribution in [3.8, 4) is 30.3 Å². The number of nitrogens with two attached hydrogens (primary N) is 8. The van der Waals surface area contributed by atoms with Crippen molar-refractivity contribution < 1.29 is 22.2 Å². The van der Waals surface area contributed by atoms with Gasteiger partial charge in [-0.15, -0.1) is 70.6 Å². The van der Waals surface area contributed by atoms with Gasteiger partial charge < -0.3 is 44.4 Å². The lowest BCUT2D eigenvalue weighted by molar-refractivity contribution is -0.137. The molecule has 0 spiro atoms. The van der Waals surface area contributed by atoms with Gasteiger partial charge in [-0.25, -0.2) is 45.5 Å². The standard InChI is InChI=1S/C14H12F3N7OS.C7H8N4OS2.C7H8N4S2.C6H8N6S.C6H6N4S2.CH3I.2CH4.H4N2/c1-26-11-9(6-18)10(21-12(19)22-11)23-24-13(25)20-8-4-2-3-7(5-8)14(15,16)17;1-13-5-4(3-8)6(14(2)12)11-7(9)10-5;1-12-5-4(3-8)6(13-2)11-7(9)10-5;1-13-5-3(2-7)4(12-9)10-6(8)11-5;1-12-5-3(2-7)4(11)9-6(8)10-5;1-2;;;1-2/h2-5H,1H3,(H2,20,24,25)(H3,19,21,22,23);1-2H3,(H2,9,10,11);1-2H3,(H2,9,10,11);9H2,1H3,(H3,8,10,11,12);1H3,(H3,8,9,10,11);1H3;2*1H4;1-2H2. The minimum atomic E-state index is -4.53. The average molecular weight is 1420 g/mol. The van der Waals surface area contributed by atoms with Crippen molar-refractivity contribution >= 4 is 169 Å². The zero-order valence-corrected chi connectivity index (χ0v) is 52.5. The summed E-state index contributed by atoms with van der Waals surface area (Å²) in [4.78, 5) is 51.3. The van der Waals surface area contributed by atoms with Crippen molar-refractivity contribution in [1.29, 1.82) is 26.3 Å². The first kappa shape index (κ1) is 81.0. The number of hydrazine groups is 3. The number of carbonyl (C=O) groups excluding carboxylic acids is 1. The molecule has 1 unspecified atom stereocenters. The zero-order chi connectivity index (χ0) is 62.9. The van der Waals surface area contributed by atoms with Gasteiger partial charge in [-0.2, -0.15) is 49.4 Å². The second-order valence-electron chi connectivity index (χ2n) is 13.2. The van der Waals surface area contributed by atoms with Gasteiger partial charge >= 0.3 is 12.2 Å². The predicted octanol–water partition coefficient (Wildman–Crippen LogP) is 6.98. The number of nitriles is 5. The van der Waals surface area contributed by atoms with Crippen molar-refractivity contribution in [3.05, 3.63) is 62.3 Å². The number of aromatic amines is 1. The third-order valence-electron chi connectivity index (χ3n) is 8.28. The summed E-state index contributed by atoms with van der Waals surface area (Å²) in [6, 6.07) is 13.1. The van der Waals surface area contributed by atoms with Gasteiger partial charge in [-0.3, -0.25) is 26.7 Å². The van der Waals surface area contributed by atoms with Gasteiger partial charge in [0.15, 0.2) is 22.6 Å². The molecule has 0 saturated heterocycles. The molecule has 29 nitrogen and oxygen atoms in total. The smallest absolute Gasteiger partial charge is 0.369 e. The molecule has 6 rings (SSSR count). The van der Waals surface area contributed by atoms with Crippen LogP contribution in [0, 0.1) is 61.3 Å². The maximum Gasteiger partial charge on any atom is 0.416 e. The number of rotatable bonds is 11. The van der Waals surface area contributed by atoms with E-state index in [-0.39, 0.29) is 78.1 Å². The van der Waals surface area contributed by atoms with Crippen LogP contribution in [0.25, 0.3) is 0 Å². The molecule has 0 aliphatic rings. The van der Waals surface area contributed by atoms with Crippen molar-refractivity contribution in [3.63, 3.8) is 0 Å². The van der Waals surface area contributed by atoms with Crippen molar-refractivity contribution in [2.45, 2.75) is 56.2 Å². The van der Waals surface area contributed by atoms with Crippen LogP contribution in [-0.4, -0.2) is 109 Å². The molecule has 0 fully saturated rings. The number of alkyl halides is 4. The van der Waals surface area contributed by atoms with Crippen LogP contribution in [0.5, 0.6) is 0 Å². The number of hydrogen-bond acceptors (Lipinski definition) is 33. The largest absolute Gasteiger partial charge is 0.416 e. The van der Waals surface area contributed by atoms with E-state index >= 15 is 0 Å². The van der Waals surface area contributed by atoms with Crippen LogP contribution in [0.1, 0.15) is 48.2 Å². The van der Waals surface area contributed by atoms with Crippen LogP contribution >= 0.6 is 105 Å². The number of halogens is 4. The monoisotopic (exact) mass is 1420 g/mol. The van der Waals surface area contributed by atoms with Crippen LogP contribution in [0.3, 0.4) is 0 Å². The zero-order valence-electron chi connectivity index (χ0n) is 43.8. The molecule has 21 N–H and O–H groups in total. The first-order valence-corrected chi connectivity index (χ1v) is 32.3. The van der Waals surface area contributed by atoms with Gasteiger partial charge in [0.1, 0.15) is 93.0 Å².